The first-order valence-electron chi connectivity index (χ1n) is 7.27. The van der Waals surface area contributed by atoms with E-state index < -0.39 is 0 Å². The van der Waals surface area contributed by atoms with Crippen molar-refractivity contribution in [2.45, 2.75) is 71.8 Å². The number of nitrogens with one attached hydrogen (secondary N) is 1. The number of hydrogen-bond donors (Lipinski definition) is 1. The summed E-state index contributed by atoms with van der Waals surface area (Å²) < 4.78 is 6.29. The van der Waals surface area contributed by atoms with E-state index in [4.69, 9.17) is 4.74 Å². The van der Waals surface area contributed by atoms with Gasteiger partial charge in [-0.3, -0.25) is 0 Å². The van der Waals surface area contributed by atoms with Gasteiger partial charge >= 0.3 is 0 Å². The van der Waals surface area contributed by atoms with Gasteiger partial charge in [0.2, 0.25) is 0 Å². The summed E-state index contributed by atoms with van der Waals surface area (Å²) in [5.74, 6) is 0.514. The quantitative estimate of drug-likeness (QED) is 0.818. The molecule has 0 spiro atoms. The van der Waals surface area contributed by atoms with Gasteiger partial charge in [0, 0.05) is 24.5 Å². The molecule has 2 unspecified atom stereocenters. The first-order chi connectivity index (χ1) is 8.15. The zero-order valence-corrected chi connectivity index (χ0v) is 13.5. The molecular weight excluding hydrogens is 224 g/mol. The molecule has 1 fully saturated rings. The number of ether oxygens (including phenoxy) is 1. The summed E-state index contributed by atoms with van der Waals surface area (Å²) in [6.07, 6.45) is 0. The van der Waals surface area contributed by atoms with Gasteiger partial charge in [-0.2, -0.15) is 0 Å². The Labute approximate surface area is 113 Å². The predicted octanol–water partition coefficient (Wildman–Crippen LogP) is 2.51. The molecule has 1 rings (SSSR count). The van der Waals surface area contributed by atoms with Gasteiger partial charge in [0.05, 0.1) is 11.2 Å². The molecule has 3 heteroatoms. The summed E-state index contributed by atoms with van der Waals surface area (Å²) in [7, 11) is 2.05. The van der Waals surface area contributed by atoms with Crippen LogP contribution in [0.4, 0.5) is 0 Å². The molecular formula is C15H32N2O. The van der Waals surface area contributed by atoms with Crippen LogP contribution in [0.5, 0.6) is 0 Å². The number of likely N-dealkylation sites (N-methyl/N-ethyl adjacent to an activating group) is 1. The van der Waals surface area contributed by atoms with E-state index in [0.29, 0.717) is 18.0 Å². The second-order valence-corrected chi connectivity index (χ2v) is 6.86. The Bertz CT molecular complexity index is 274. The molecule has 0 radical (unpaired) electrons. The van der Waals surface area contributed by atoms with Crippen LogP contribution in [-0.4, -0.2) is 48.3 Å². The fourth-order valence-corrected chi connectivity index (χ4v) is 3.53. The lowest BCUT2D eigenvalue weighted by Crippen LogP contribution is -2.50. The highest BCUT2D eigenvalue weighted by atomic mass is 16.5. The van der Waals surface area contributed by atoms with Crippen LogP contribution in [0.15, 0.2) is 0 Å². The van der Waals surface area contributed by atoms with Crippen LogP contribution in [0, 0.1) is 5.92 Å². The number of hydrogen-bond acceptors (Lipinski definition) is 3. The van der Waals surface area contributed by atoms with Crippen molar-refractivity contribution in [1.29, 1.82) is 0 Å². The summed E-state index contributed by atoms with van der Waals surface area (Å²) >= 11 is 0. The van der Waals surface area contributed by atoms with Crippen LogP contribution in [0.3, 0.4) is 0 Å². The smallest absolute Gasteiger partial charge is 0.0790 e. The van der Waals surface area contributed by atoms with Crippen LogP contribution >= 0.6 is 0 Å². The van der Waals surface area contributed by atoms with Crippen molar-refractivity contribution in [2.75, 3.05) is 20.1 Å². The van der Waals surface area contributed by atoms with E-state index in [0.717, 1.165) is 13.1 Å². The topological polar surface area (TPSA) is 24.5 Å². The molecule has 0 bridgehead atoms. The first-order valence-corrected chi connectivity index (χ1v) is 7.27. The van der Waals surface area contributed by atoms with Crippen molar-refractivity contribution < 1.29 is 4.74 Å². The highest BCUT2D eigenvalue weighted by Crippen LogP contribution is 2.42. The Morgan fingerprint density at radius 1 is 1.17 bits per heavy atom. The lowest BCUT2D eigenvalue weighted by molar-refractivity contribution is -0.0797. The van der Waals surface area contributed by atoms with Gasteiger partial charge in [0.15, 0.2) is 0 Å². The Kier molecular flexibility index (Phi) is 4.85. The van der Waals surface area contributed by atoms with E-state index in [2.05, 4.69) is 65.7 Å². The van der Waals surface area contributed by atoms with Crippen molar-refractivity contribution in [3.63, 3.8) is 0 Å². The molecule has 0 aliphatic carbocycles. The highest BCUT2D eigenvalue weighted by molar-refractivity contribution is 5.05. The van der Waals surface area contributed by atoms with Gasteiger partial charge in [0.25, 0.3) is 0 Å². The van der Waals surface area contributed by atoms with Crippen LogP contribution in [0.25, 0.3) is 0 Å². The molecule has 1 heterocycles. The highest BCUT2D eigenvalue weighted by Gasteiger charge is 2.53. The molecule has 1 aliphatic rings. The summed E-state index contributed by atoms with van der Waals surface area (Å²) in [6.45, 7) is 17.8. The van der Waals surface area contributed by atoms with Gasteiger partial charge in [-0.1, -0.05) is 6.92 Å². The largest absolute Gasteiger partial charge is 0.368 e. The molecule has 0 amide bonds. The molecule has 18 heavy (non-hydrogen) atoms. The van der Waals surface area contributed by atoms with Crippen molar-refractivity contribution in [1.82, 2.24) is 10.2 Å². The Morgan fingerprint density at radius 3 is 2.11 bits per heavy atom. The van der Waals surface area contributed by atoms with Crippen LogP contribution in [-0.2, 0) is 4.74 Å². The molecule has 2 atom stereocenters. The molecule has 1 N–H and O–H groups in total. The minimum Gasteiger partial charge on any atom is -0.368 e. The maximum atomic E-state index is 6.29. The molecule has 108 valence electrons. The van der Waals surface area contributed by atoms with E-state index in [1.165, 1.54) is 0 Å². The third-order valence-corrected chi connectivity index (χ3v) is 4.45. The molecule has 1 saturated heterocycles. The standard InChI is InChI=1S/C15H32N2O/c1-9-17(11(2)3)10-12-13(16-8)15(6,7)18-14(12,4)5/h11-13,16H,9-10H2,1-8H3. The minimum absolute atomic E-state index is 0.0700. The Balaban J connectivity index is 2.90. The lowest BCUT2D eigenvalue weighted by atomic mass is 9.82. The van der Waals surface area contributed by atoms with E-state index in [1.54, 1.807) is 0 Å². The average Bonchev–Trinajstić information content (AvgIpc) is 2.38. The molecule has 0 aromatic rings. The van der Waals surface area contributed by atoms with E-state index in [9.17, 15) is 0 Å². The maximum Gasteiger partial charge on any atom is 0.0790 e. The van der Waals surface area contributed by atoms with Gasteiger partial charge in [-0.25, -0.2) is 0 Å². The fourth-order valence-electron chi connectivity index (χ4n) is 3.53. The van der Waals surface area contributed by atoms with E-state index >= 15 is 0 Å². The van der Waals surface area contributed by atoms with Gasteiger partial charge in [-0.15, -0.1) is 0 Å². The van der Waals surface area contributed by atoms with Crippen LogP contribution < -0.4 is 5.32 Å². The summed E-state index contributed by atoms with van der Waals surface area (Å²) in [5.41, 5.74) is -0.168. The predicted molar refractivity (Wildman–Crippen MR) is 78.0 cm³/mol. The monoisotopic (exact) mass is 256 g/mol. The number of rotatable bonds is 5. The molecule has 3 nitrogen and oxygen atoms in total. The Hall–Kier alpha value is -0.120. The van der Waals surface area contributed by atoms with Crippen molar-refractivity contribution in [3.05, 3.63) is 0 Å². The van der Waals surface area contributed by atoms with Gasteiger partial charge in [0.1, 0.15) is 0 Å². The molecule has 0 saturated carbocycles. The third-order valence-electron chi connectivity index (χ3n) is 4.45. The van der Waals surface area contributed by atoms with E-state index in [1.807, 2.05) is 0 Å². The molecule has 1 aliphatic heterocycles. The number of nitrogens with zero attached hydrogens (tertiary/aromatic N) is 1. The van der Waals surface area contributed by atoms with Crippen molar-refractivity contribution in [2.24, 2.45) is 5.92 Å². The molecule has 0 aromatic carbocycles. The first kappa shape index (κ1) is 15.9. The zero-order valence-electron chi connectivity index (χ0n) is 13.5. The van der Waals surface area contributed by atoms with Gasteiger partial charge < -0.3 is 15.0 Å². The maximum absolute atomic E-state index is 6.29. The van der Waals surface area contributed by atoms with Crippen molar-refractivity contribution >= 4 is 0 Å². The summed E-state index contributed by atoms with van der Waals surface area (Å²) in [6, 6.07) is 0.993. The van der Waals surface area contributed by atoms with E-state index in [-0.39, 0.29) is 11.2 Å². The lowest BCUT2D eigenvalue weighted by Gasteiger charge is -2.35. The normalized spacial score (nSPS) is 30.3. The SMILES string of the molecule is CCN(CC1C(NC)C(C)(C)OC1(C)C)C(C)C. The van der Waals surface area contributed by atoms with Crippen LogP contribution in [0.1, 0.15) is 48.5 Å². The molecule has 0 aromatic heterocycles. The van der Waals surface area contributed by atoms with Crippen LogP contribution in [0.2, 0.25) is 0 Å². The second-order valence-electron chi connectivity index (χ2n) is 6.86. The fraction of sp³-hybridized carbons (Fsp3) is 1.00. The second kappa shape index (κ2) is 5.48. The third kappa shape index (κ3) is 3.06. The van der Waals surface area contributed by atoms with Gasteiger partial charge in [-0.05, 0) is 55.1 Å². The summed E-state index contributed by atoms with van der Waals surface area (Å²) in [5, 5.41) is 3.48. The zero-order chi connectivity index (χ0) is 14.1. The summed E-state index contributed by atoms with van der Waals surface area (Å²) in [4.78, 5) is 2.53. The van der Waals surface area contributed by atoms with Crippen molar-refractivity contribution in [3.8, 4) is 0 Å². The Morgan fingerprint density at radius 2 is 1.72 bits per heavy atom. The average molecular weight is 256 g/mol. The minimum atomic E-state index is -0.0979.